The first-order valence-corrected chi connectivity index (χ1v) is 7.44. The second-order valence-corrected chi connectivity index (χ2v) is 5.64. The summed E-state index contributed by atoms with van der Waals surface area (Å²) in [7, 11) is 0. The third-order valence-corrected chi connectivity index (χ3v) is 4.14. The number of carbonyl (C=O) groups is 2. The number of amides is 1. The van der Waals surface area contributed by atoms with E-state index < -0.39 is 0 Å². The van der Waals surface area contributed by atoms with E-state index in [1.165, 1.54) is 0 Å². The van der Waals surface area contributed by atoms with Crippen molar-refractivity contribution in [1.82, 2.24) is 5.32 Å². The van der Waals surface area contributed by atoms with Gasteiger partial charge < -0.3 is 10.6 Å². The van der Waals surface area contributed by atoms with E-state index in [0.717, 1.165) is 55.5 Å². The summed E-state index contributed by atoms with van der Waals surface area (Å²) in [6.07, 6.45) is 5.45. The van der Waals surface area contributed by atoms with Gasteiger partial charge in [0.15, 0.2) is 5.78 Å². The van der Waals surface area contributed by atoms with Crippen molar-refractivity contribution in [3.8, 4) is 0 Å². The van der Waals surface area contributed by atoms with Gasteiger partial charge in [0.2, 0.25) is 5.91 Å². The van der Waals surface area contributed by atoms with Crippen molar-refractivity contribution in [1.29, 1.82) is 0 Å². The van der Waals surface area contributed by atoms with Crippen LogP contribution in [0.3, 0.4) is 0 Å². The number of ketones is 1. The van der Waals surface area contributed by atoms with E-state index in [1.807, 2.05) is 18.2 Å². The SMILES string of the molecule is O=C1CCCc2cc(C(=O)C3CCCCN3)ccc2N1. The molecular formula is C16H20N2O2. The minimum Gasteiger partial charge on any atom is -0.326 e. The molecule has 2 heterocycles. The number of carbonyl (C=O) groups excluding carboxylic acids is 2. The highest BCUT2D eigenvalue weighted by molar-refractivity contribution is 6.01. The van der Waals surface area contributed by atoms with Crippen LogP contribution < -0.4 is 10.6 Å². The van der Waals surface area contributed by atoms with Gasteiger partial charge in [-0.1, -0.05) is 6.42 Å². The molecule has 0 saturated carbocycles. The summed E-state index contributed by atoms with van der Waals surface area (Å²) < 4.78 is 0. The summed E-state index contributed by atoms with van der Waals surface area (Å²) in [5.41, 5.74) is 2.71. The number of anilines is 1. The molecule has 20 heavy (non-hydrogen) atoms. The molecule has 0 aromatic heterocycles. The molecule has 0 bridgehead atoms. The van der Waals surface area contributed by atoms with Gasteiger partial charge in [0.05, 0.1) is 6.04 Å². The number of benzene rings is 1. The van der Waals surface area contributed by atoms with Crippen molar-refractivity contribution < 1.29 is 9.59 Å². The number of hydrogen-bond acceptors (Lipinski definition) is 3. The molecule has 2 N–H and O–H groups in total. The molecule has 1 aromatic carbocycles. The third-order valence-electron chi connectivity index (χ3n) is 4.14. The van der Waals surface area contributed by atoms with Crippen LogP contribution in [0.5, 0.6) is 0 Å². The number of aryl methyl sites for hydroxylation is 1. The zero-order chi connectivity index (χ0) is 13.9. The molecule has 2 aliphatic heterocycles. The predicted octanol–water partition coefficient (Wildman–Crippen LogP) is 2.29. The lowest BCUT2D eigenvalue weighted by molar-refractivity contribution is -0.116. The molecule has 1 atom stereocenters. The van der Waals surface area contributed by atoms with Crippen LogP contribution in [0.15, 0.2) is 18.2 Å². The second-order valence-electron chi connectivity index (χ2n) is 5.64. The zero-order valence-corrected chi connectivity index (χ0v) is 11.6. The maximum absolute atomic E-state index is 12.5. The van der Waals surface area contributed by atoms with Gasteiger partial charge in [-0.05, 0) is 56.0 Å². The normalized spacial score (nSPS) is 22.6. The monoisotopic (exact) mass is 272 g/mol. The number of rotatable bonds is 2. The Morgan fingerprint density at radius 3 is 2.85 bits per heavy atom. The molecule has 1 amide bonds. The van der Waals surface area contributed by atoms with Gasteiger partial charge in [-0.3, -0.25) is 9.59 Å². The lowest BCUT2D eigenvalue weighted by Crippen LogP contribution is -2.40. The van der Waals surface area contributed by atoms with E-state index in [1.54, 1.807) is 0 Å². The Morgan fingerprint density at radius 2 is 2.05 bits per heavy atom. The summed E-state index contributed by atoms with van der Waals surface area (Å²) in [4.78, 5) is 24.0. The van der Waals surface area contributed by atoms with E-state index in [9.17, 15) is 9.59 Å². The largest absolute Gasteiger partial charge is 0.326 e. The molecule has 1 unspecified atom stereocenters. The average Bonchev–Trinajstić information content (AvgIpc) is 2.67. The van der Waals surface area contributed by atoms with Gasteiger partial charge in [0.25, 0.3) is 0 Å². The highest BCUT2D eigenvalue weighted by atomic mass is 16.1. The average molecular weight is 272 g/mol. The van der Waals surface area contributed by atoms with E-state index >= 15 is 0 Å². The molecule has 1 aromatic rings. The quantitative estimate of drug-likeness (QED) is 0.812. The fourth-order valence-corrected chi connectivity index (χ4v) is 3.00. The topological polar surface area (TPSA) is 58.2 Å². The Balaban J connectivity index is 1.82. The smallest absolute Gasteiger partial charge is 0.224 e. The number of fused-ring (bicyclic) bond motifs is 1. The minimum atomic E-state index is -0.0397. The van der Waals surface area contributed by atoms with Crippen molar-refractivity contribution >= 4 is 17.4 Å². The molecule has 4 heteroatoms. The molecular weight excluding hydrogens is 252 g/mol. The van der Waals surface area contributed by atoms with Crippen molar-refractivity contribution in [2.45, 2.75) is 44.6 Å². The molecule has 0 radical (unpaired) electrons. The number of hydrogen-bond donors (Lipinski definition) is 2. The summed E-state index contributed by atoms with van der Waals surface area (Å²) in [5.74, 6) is 0.250. The molecule has 2 aliphatic rings. The summed E-state index contributed by atoms with van der Waals surface area (Å²) in [6, 6.07) is 5.62. The standard InChI is InChI=1S/C16H20N2O2/c19-15-6-3-4-11-10-12(7-8-13(11)18-15)16(20)14-5-1-2-9-17-14/h7-8,10,14,17H,1-6,9H2,(H,18,19). The van der Waals surface area contributed by atoms with Gasteiger partial charge in [0, 0.05) is 17.7 Å². The maximum Gasteiger partial charge on any atom is 0.224 e. The molecule has 0 spiro atoms. The molecule has 0 aliphatic carbocycles. The lowest BCUT2D eigenvalue weighted by atomic mass is 9.94. The summed E-state index contributed by atoms with van der Waals surface area (Å²) >= 11 is 0. The van der Waals surface area contributed by atoms with Crippen LogP contribution in [0, 0.1) is 0 Å². The van der Waals surface area contributed by atoms with Gasteiger partial charge in [-0.25, -0.2) is 0 Å². The van der Waals surface area contributed by atoms with Gasteiger partial charge in [-0.2, -0.15) is 0 Å². The Labute approximate surface area is 118 Å². The van der Waals surface area contributed by atoms with Gasteiger partial charge >= 0.3 is 0 Å². The fraction of sp³-hybridized carbons (Fsp3) is 0.500. The second kappa shape index (κ2) is 5.75. The molecule has 4 nitrogen and oxygen atoms in total. The van der Waals surface area contributed by atoms with Crippen LogP contribution in [-0.2, 0) is 11.2 Å². The van der Waals surface area contributed by atoms with Gasteiger partial charge in [-0.15, -0.1) is 0 Å². The van der Waals surface area contributed by atoms with Crippen LogP contribution in [-0.4, -0.2) is 24.3 Å². The van der Waals surface area contributed by atoms with Gasteiger partial charge in [0.1, 0.15) is 0 Å². The Morgan fingerprint density at radius 1 is 1.15 bits per heavy atom. The van der Waals surface area contributed by atoms with E-state index in [0.29, 0.717) is 6.42 Å². The molecule has 106 valence electrons. The first-order valence-electron chi connectivity index (χ1n) is 7.44. The van der Waals surface area contributed by atoms with E-state index in [2.05, 4.69) is 10.6 Å². The van der Waals surface area contributed by atoms with Crippen LogP contribution in [0.4, 0.5) is 5.69 Å². The molecule has 3 rings (SSSR count). The van der Waals surface area contributed by atoms with Crippen LogP contribution in [0.25, 0.3) is 0 Å². The number of piperidine rings is 1. The van der Waals surface area contributed by atoms with Crippen LogP contribution in [0.1, 0.15) is 48.0 Å². The summed E-state index contributed by atoms with van der Waals surface area (Å²) in [6.45, 7) is 0.928. The fourth-order valence-electron chi connectivity index (χ4n) is 3.00. The van der Waals surface area contributed by atoms with E-state index in [4.69, 9.17) is 0 Å². The molecule has 1 saturated heterocycles. The Hall–Kier alpha value is -1.68. The van der Waals surface area contributed by atoms with E-state index in [-0.39, 0.29) is 17.7 Å². The third kappa shape index (κ3) is 2.75. The minimum absolute atomic E-state index is 0.0397. The number of nitrogens with one attached hydrogen (secondary N) is 2. The molecule has 1 fully saturated rings. The highest BCUT2D eigenvalue weighted by Gasteiger charge is 2.23. The van der Waals surface area contributed by atoms with Crippen molar-refractivity contribution in [2.75, 3.05) is 11.9 Å². The summed E-state index contributed by atoms with van der Waals surface area (Å²) in [5, 5.41) is 6.20. The van der Waals surface area contributed by atoms with Crippen molar-refractivity contribution in [3.05, 3.63) is 29.3 Å². The van der Waals surface area contributed by atoms with Crippen LogP contribution in [0.2, 0.25) is 0 Å². The van der Waals surface area contributed by atoms with Crippen molar-refractivity contribution in [3.63, 3.8) is 0 Å². The number of Topliss-reactive ketones (excluding diaryl/α,β-unsaturated/α-hetero) is 1. The Kier molecular flexibility index (Phi) is 3.83. The highest BCUT2D eigenvalue weighted by Crippen LogP contribution is 2.24. The first-order chi connectivity index (χ1) is 9.74. The predicted molar refractivity (Wildman–Crippen MR) is 78.0 cm³/mol. The first kappa shape index (κ1) is 13.3. The zero-order valence-electron chi connectivity index (χ0n) is 11.6. The van der Waals surface area contributed by atoms with Crippen LogP contribution >= 0.6 is 0 Å². The Bertz CT molecular complexity index is 533. The lowest BCUT2D eigenvalue weighted by Gasteiger charge is -2.22. The van der Waals surface area contributed by atoms with Crippen molar-refractivity contribution in [2.24, 2.45) is 0 Å². The maximum atomic E-state index is 12.5.